The van der Waals surface area contributed by atoms with Gasteiger partial charge >= 0.3 is 6.03 Å². The van der Waals surface area contributed by atoms with Crippen LogP contribution in [0.3, 0.4) is 0 Å². The number of hydrogen-bond donors (Lipinski definition) is 6. The van der Waals surface area contributed by atoms with Crippen molar-refractivity contribution in [1.29, 1.82) is 0 Å². The molecule has 2 atom stereocenters. The van der Waals surface area contributed by atoms with Crippen LogP contribution in [0, 0.1) is 0 Å². The summed E-state index contributed by atoms with van der Waals surface area (Å²) in [5.41, 5.74) is 19.9. The van der Waals surface area contributed by atoms with Crippen LogP contribution < -0.4 is 38.1 Å². The number of fused-ring (bicyclic) bond motifs is 1. The first-order valence-electron chi connectivity index (χ1n) is 13.7. The summed E-state index contributed by atoms with van der Waals surface area (Å²) < 4.78 is 0. The van der Waals surface area contributed by atoms with E-state index in [1.165, 1.54) is 0 Å². The van der Waals surface area contributed by atoms with Crippen molar-refractivity contribution in [2.24, 2.45) is 17.2 Å². The minimum absolute atomic E-state index is 0.252. The van der Waals surface area contributed by atoms with E-state index in [1.807, 2.05) is 60.7 Å². The Hall–Kier alpha value is -4.06. The van der Waals surface area contributed by atoms with Gasteiger partial charge in [-0.25, -0.2) is 9.78 Å². The van der Waals surface area contributed by atoms with Crippen LogP contribution in [0.4, 0.5) is 10.5 Å². The summed E-state index contributed by atoms with van der Waals surface area (Å²) in [6.07, 6.45) is 3.56. The van der Waals surface area contributed by atoms with E-state index in [0.717, 1.165) is 16.5 Å². The van der Waals surface area contributed by atoms with Crippen LogP contribution in [0.25, 0.3) is 10.9 Å². The molecule has 214 valence electrons. The van der Waals surface area contributed by atoms with Crippen molar-refractivity contribution in [3.63, 3.8) is 0 Å². The Morgan fingerprint density at radius 3 is 2.33 bits per heavy atom. The second-order valence-corrected chi connectivity index (χ2v) is 9.60. The van der Waals surface area contributed by atoms with Crippen LogP contribution in [0.5, 0.6) is 0 Å². The first-order chi connectivity index (χ1) is 19.4. The Balaban J connectivity index is 1.56. The molecule has 40 heavy (non-hydrogen) atoms. The molecule has 0 spiro atoms. The minimum atomic E-state index is -0.831. The number of pyridine rings is 1. The largest absolute Gasteiger partial charge is 0.343 e. The molecular formula is C29H41N8O3+. The normalized spacial score (nSPS) is 12.4. The topological polar surface area (TPSA) is 183 Å². The number of anilines is 1. The summed E-state index contributed by atoms with van der Waals surface area (Å²) in [6, 6.07) is 17.5. The SMILES string of the molecule is NCCN(CCN)C(=O)NCCC[C@H](N)C(=O)N[C@H](CCc1ccccc1)C(=O)Nc1c[nH+]c2ccccc2c1. The zero-order valence-electron chi connectivity index (χ0n) is 22.8. The maximum absolute atomic E-state index is 13.3. The summed E-state index contributed by atoms with van der Waals surface area (Å²) in [5.74, 6) is -0.746. The van der Waals surface area contributed by atoms with Crippen molar-refractivity contribution in [2.45, 2.75) is 37.8 Å². The highest BCUT2D eigenvalue weighted by molar-refractivity contribution is 5.98. The number of aromatic nitrogens is 1. The molecule has 1 heterocycles. The molecule has 0 unspecified atom stereocenters. The van der Waals surface area contributed by atoms with Gasteiger partial charge in [0.15, 0.2) is 6.20 Å². The predicted octanol–water partition coefficient (Wildman–Crippen LogP) is 0.747. The van der Waals surface area contributed by atoms with E-state index in [4.69, 9.17) is 17.2 Å². The number of amides is 4. The van der Waals surface area contributed by atoms with Crippen molar-refractivity contribution in [3.8, 4) is 0 Å². The molecule has 0 saturated carbocycles. The monoisotopic (exact) mass is 549 g/mol. The predicted molar refractivity (Wildman–Crippen MR) is 156 cm³/mol. The molecule has 0 saturated heterocycles. The van der Waals surface area contributed by atoms with Gasteiger partial charge in [0.1, 0.15) is 11.7 Å². The zero-order valence-corrected chi connectivity index (χ0v) is 22.8. The molecule has 0 bridgehead atoms. The summed E-state index contributed by atoms with van der Waals surface area (Å²) in [4.78, 5) is 43.2. The van der Waals surface area contributed by atoms with E-state index < -0.39 is 18.0 Å². The number of H-pyrrole nitrogens is 1. The van der Waals surface area contributed by atoms with E-state index in [9.17, 15) is 14.4 Å². The molecule has 3 rings (SSSR count). The van der Waals surface area contributed by atoms with Crippen LogP contribution in [0.15, 0.2) is 66.9 Å². The van der Waals surface area contributed by atoms with Crippen molar-refractivity contribution in [2.75, 3.05) is 38.0 Å². The Morgan fingerprint density at radius 2 is 1.60 bits per heavy atom. The number of urea groups is 1. The molecule has 0 aliphatic heterocycles. The molecule has 0 fully saturated rings. The molecule has 3 aromatic rings. The molecule has 0 aliphatic rings. The van der Waals surface area contributed by atoms with E-state index >= 15 is 0 Å². The first kappa shape index (κ1) is 30.5. The lowest BCUT2D eigenvalue weighted by molar-refractivity contribution is -0.343. The van der Waals surface area contributed by atoms with Crippen LogP contribution in [-0.2, 0) is 16.0 Å². The summed E-state index contributed by atoms with van der Waals surface area (Å²) >= 11 is 0. The second-order valence-electron chi connectivity index (χ2n) is 9.60. The van der Waals surface area contributed by atoms with Gasteiger partial charge in [-0.05, 0) is 43.4 Å². The third-order valence-corrected chi connectivity index (χ3v) is 6.51. The number of nitrogens with one attached hydrogen (secondary N) is 4. The molecular weight excluding hydrogens is 508 g/mol. The molecule has 0 aliphatic carbocycles. The van der Waals surface area contributed by atoms with Crippen molar-refractivity contribution >= 4 is 34.4 Å². The van der Waals surface area contributed by atoms with Crippen LogP contribution in [-0.4, -0.2) is 67.6 Å². The van der Waals surface area contributed by atoms with Gasteiger partial charge in [0, 0.05) is 44.2 Å². The van der Waals surface area contributed by atoms with Gasteiger partial charge in [-0.3, -0.25) is 9.59 Å². The summed E-state index contributed by atoms with van der Waals surface area (Å²) in [7, 11) is 0. The first-order valence-corrected chi connectivity index (χ1v) is 13.7. The van der Waals surface area contributed by atoms with Gasteiger partial charge in [0.25, 0.3) is 0 Å². The fourth-order valence-electron chi connectivity index (χ4n) is 4.31. The fraction of sp³-hybridized carbons (Fsp3) is 0.379. The Bertz CT molecular complexity index is 1230. The number of benzene rings is 2. The van der Waals surface area contributed by atoms with Gasteiger partial charge in [0.05, 0.1) is 6.04 Å². The molecule has 10 N–H and O–H groups in total. The standard InChI is InChI=1S/C29H40N8O3/c30-14-17-37(18-15-31)29(40)33-16-6-10-24(32)27(38)36-26(13-12-21-7-2-1-3-8-21)28(39)35-23-19-22-9-4-5-11-25(22)34-20-23/h1-5,7-9,11,19-20,24,26H,6,10,12-18,30-32H2,(H,33,40)(H,35,39)(H,36,38)/p+1/t24-,26+/m0/s1. The number of nitrogens with two attached hydrogens (primary N) is 3. The molecule has 11 heteroatoms. The number of para-hydroxylation sites is 1. The van der Waals surface area contributed by atoms with Gasteiger partial charge < -0.3 is 38.1 Å². The lowest BCUT2D eigenvalue weighted by atomic mass is 10.0. The number of nitrogens with zero attached hydrogens (tertiary/aromatic N) is 1. The van der Waals surface area contributed by atoms with Crippen LogP contribution in [0.2, 0.25) is 0 Å². The minimum Gasteiger partial charge on any atom is -0.343 e. The zero-order chi connectivity index (χ0) is 28.7. The van der Waals surface area contributed by atoms with Gasteiger partial charge in [-0.15, -0.1) is 0 Å². The number of hydrogen-bond acceptors (Lipinski definition) is 6. The maximum Gasteiger partial charge on any atom is 0.317 e. The average molecular weight is 550 g/mol. The highest BCUT2D eigenvalue weighted by Crippen LogP contribution is 2.15. The third kappa shape index (κ3) is 9.60. The van der Waals surface area contributed by atoms with Gasteiger partial charge in [-0.2, -0.15) is 0 Å². The van der Waals surface area contributed by atoms with Crippen molar-refractivity contribution in [1.82, 2.24) is 15.5 Å². The Kier molecular flexibility index (Phi) is 12.3. The van der Waals surface area contributed by atoms with Gasteiger partial charge in [-0.1, -0.05) is 42.5 Å². The summed E-state index contributed by atoms with van der Waals surface area (Å²) in [6.45, 7) is 1.86. The van der Waals surface area contributed by atoms with E-state index in [-0.39, 0.29) is 11.9 Å². The summed E-state index contributed by atoms with van der Waals surface area (Å²) in [5, 5.41) is 9.51. The lowest BCUT2D eigenvalue weighted by Gasteiger charge is -2.22. The van der Waals surface area contributed by atoms with Gasteiger partial charge in [0.2, 0.25) is 17.3 Å². The van der Waals surface area contributed by atoms with Crippen LogP contribution in [0.1, 0.15) is 24.8 Å². The average Bonchev–Trinajstić information content (AvgIpc) is 2.97. The highest BCUT2D eigenvalue weighted by Gasteiger charge is 2.24. The molecule has 4 amide bonds. The molecule has 0 radical (unpaired) electrons. The van der Waals surface area contributed by atoms with Crippen LogP contribution >= 0.6 is 0 Å². The van der Waals surface area contributed by atoms with Crippen molar-refractivity contribution in [3.05, 3.63) is 72.4 Å². The molecule has 2 aromatic carbocycles. The van der Waals surface area contributed by atoms with E-state index in [0.29, 0.717) is 64.1 Å². The Morgan fingerprint density at radius 1 is 0.900 bits per heavy atom. The number of carbonyl (C=O) groups excluding carboxylic acids is 3. The molecule has 11 nitrogen and oxygen atoms in total. The number of rotatable bonds is 15. The highest BCUT2D eigenvalue weighted by atomic mass is 16.2. The second kappa shape index (κ2) is 16.1. The van der Waals surface area contributed by atoms with Crippen molar-refractivity contribution < 1.29 is 19.4 Å². The molecule has 1 aromatic heterocycles. The number of carbonyl (C=O) groups is 3. The Labute approximate surface area is 234 Å². The van der Waals surface area contributed by atoms with E-state index in [1.54, 1.807) is 11.1 Å². The third-order valence-electron chi connectivity index (χ3n) is 6.51. The van der Waals surface area contributed by atoms with E-state index in [2.05, 4.69) is 20.9 Å². The smallest absolute Gasteiger partial charge is 0.317 e. The quantitative estimate of drug-likeness (QED) is 0.152. The maximum atomic E-state index is 13.3. The number of aryl methyl sites for hydroxylation is 1. The lowest BCUT2D eigenvalue weighted by Crippen LogP contribution is -2.50. The number of aromatic amines is 1. The fourth-order valence-corrected chi connectivity index (χ4v) is 4.31.